The molecule has 1 amide bonds. The first kappa shape index (κ1) is 15.0. The Morgan fingerprint density at radius 2 is 2.00 bits per heavy atom. The first-order valence-electron chi connectivity index (χ1n) is 6.32. The van der Waals surface area contributed by atoms with Crippen molar-refractivity contribution >= 4 is 23.9 Å². The third-order valence-corrected chi connectivity index (χ3v) is 2.62. The molecule has 0 bridgehead atoms. The number of nitro groups is 1. The minimum Gasteiger partial charge on any atom is -0.266 e. The lowest BCUT2D eigenvalue weighted by molar-refractivity contribution is -0.384. The number of aromatic nitrogens is 1. The monoisotopic (exact) mass is 296 g/mol. The standard InChI is InChI=1S/C15H12N4O3/c20-15(14-5-1-2-10-16-14)18-17-11-3-4-12-6-8-13(9-7-12)19(21)22/h1-11H,(H,18,20)/b4-3-,17-11-. The fourth-order valence-electron chi connectivity index (χ4n) is 1.55. The molecule has 0 saturated heterocycles. The van der Waals surface area contributed by atoms with Crippen LogP contribution in [0.1, 0.15) is 16.1 Å². The lowest BCUT2D eigenvalue weighted by Crippen LogP contribution is -2.18. The highest BCUT2D eigenvalue weighted by Gasteiger charge is 2.03. The van der Waals surface area contributed by atoms with Crippen LogP contribution < -0.4 is 5.43 Å². The number of nitrogens with one attached hydrogen (secondary N) is 1. The molecule has 7 nitrogen and oxygen atoms in total. The lowest BCUT2D eigenvalue weighted by Gasteiger charge is -1.96. The smallest absolute Gasteiger partial charge is 0.266 e. The van der Waals surface area contributed by atoms with E-state index in [2.05, 4.69) is 15.5 Å². The number of benzene rings is 1. The molecule has 0 atom stereocenters. The Morgan fingerprint density at radius 1 is 1.23 bits per heavy atom. The molecule has 2 aromatic rings. The van der Waals surface area contributed by atoms with Crippen molar-refractivity contribution in [2.24, 2.45) is 5.10 Å². The zero-order chi connectivity index (χ0) is 15.8. The van der Waals surface area contributed by atoms with Gasteiger partial charge in [-0.25, -0.2) is 5.43 Å². The van der Waals surface area contributed by atoms with E-state index < -0.39 is 10.8 Å². The Labute approximate surface area is 126 Å². The van der Waals surface area contributed by atoms with Gasteiger partial charge in [0.1, 0.15) is 5.69 Å². The quantitative estimate of drug-likeness (QED) is 0.520. The molecule has 1 aromatic carbocycles. The summed E-state index contributed by atoms with van der Waals surface area (Å²) in [7, 11) is 0. The summed E-state index contributed by atoms with van der Waals surface area (Å²) < 4.78 is 0. The van der Waals surface area contributed by atoms with Crippen molar-refractivity contribution < 1.29 is 9.72 Å². The van der Waals surface area contributed by atoms with Crippen LogP contribution in [0.15, 0.2) is 59.8 Å². The largest absolute Gasteiger partial charge is 0.289 e. The molecular formula is C15H12N4O3. The number of non-ortho nitro benzene ring substituents is 1. The number of carbonyl (C=O) groups is 1. The Hall–Kier alpha value is -3.35. The number of nitrogens with zero attached hydrogens (tertiary/aromatic N) is 3. The van der Waals surface area contributed by atoms with E-state index in [1.165, 1.54) is 24.5 Å². The molecule has 0 unspecified atom stereocenters. The number of allylic oxidation sites excluding steroid dienone is 1. The summed E-state index contributed by atoms with van der Waals surface area (Å²) in [5, 5.41) is 14.3. The number of carbonyl (C=O) groups excluding carboxylic acids is 1. The summed E-state index contributed by atoms with van der Waals surface area (Å²) in [6, 6.07) is 11.1. The van der Waals surface area contributed by atoms with Gasteiger partial charge in [0.2, 0.25) is 0 Å². The van der Waals surface area contributed by atoms with Crippen LogP contribution in [0.4, 0.5) is 5.69 Å². The third kappa shape index (κ3) is 4.34. The van der Waals surface area contributed by atoms with E-state index in [4.69, 9.17) is 0 Å². The normalized spacial score (nSPS) is 10.9. The fraction of sp³-hybridized carbons (Fsp3) is 0. The maximum atomic E-state index is 11.6. The molecule has 110 valence electrons. The van der Waals surface area contributed by atoms with Crippen molar-refractivity contribution in [3.05, 3.63) is 76.1 Å². The van der Waals surface area contributed by atoms with Crippen LogP contribution in [0, 0.1) is 10.1 Å². The van der Waals surface area contributed by atoms with Gasteiger partial charge in [-0.05, 0) is 35.9 Å². The average Bonchev–Trinajstić information content (AvgIpc) is 2.55. The van der Waals surface area contributed by atoms with E-state index in [1.807, 2.05) is 0 Å². The predicted molar refractivity (Wildman–Crippen MR) is 82.3 cm³/mol. The van der Waals surface area contributed by atoms with Crippen LogP contribution >= 0.6 is 0 Å². The maximum Gasteiger partial charge on any atom is 0.289 e. The summed E-state index contributed by atoms with van der Waals surface area (Å²) in [5.41, 5.74) is 3.43. The van der Waals surface area contributed by atoms with Crippen LogP contribution in [0.3, 0.4) is 0 Å². The first-order chi connectivity index (χ1) is 10.7. The van der Waals surface area contributed by atoms with Gasteiger partial charge < -0.3 is 0 Å². The van der Waals surface area contributed by atoms with E-state index >= 15 is 0 Å². The van der Waals surface area contributed by atoms with E-state index in [0.717, 1.165) is 5.56 Å². The lowest BCUT2D eigenvalue weighted by atomic mass is 10.2. The summed E-state index contributed by atoms with van der Waals surface area (Å²) in [6.45, 7) is 0. The van der Waals surface area contributed by atoms with Crippen molar-refractivity contribution in [3.8, 4) is 0 Å². The Morgan fingerprint density at radius 3 is 2.64 bits per heavy atom. The van der Waals surface area contributed by atoms with Crippen LogP contribution in [-0.2, 0) is 0 Å². The molecule has 2 rings (SSSR count). The summed E-state index contributed by atoms with van der Waals surface area (Å²) in [6.07, 6.45) is 6.25. The fourth-order valence-corrected chi connectivity index (χ4v) is 1.55. The Bertz CT molecular complexity index is 709. The van der Waals surface area contributed by atoms with Gasteiger partial charge in [0.25, 0.3) is 11.6 Å². The van der Waals surface area contributed by atoms with Gasteiger partial charge >= 0.3 is 0 Å². The minimum absolute atomic E-state index is 0.0356. The topological polar surface area (TPSA) is 97.5 Å². The highest BCUT2D eigenvalue weighted by atomic mass is 16.6. The van der Waals surface area contributed by atoms with Crippen LogP contribution in [0.25, 0.3) is 6.08 Å². The summed E-state index contributed by atoms with van der Waals surface area (Å²) in [4.78, 5) is 25.5. The van der Waals surface area contributed by atoms with Gasteiger partial charge in [-0.2, -0.15) is 5.10 Å². The number of hydrazone groups is 1. The summed E-state index contributed by atoms with van der Waals surface area (Å²) in [5.74, 6) is -0.402. The number of rotatable bonds is 5. The third-order valence-electron chi connectivity index (χ3n) is 2.62. The molecule has 22 heavy (non-hydrogen) atoms. The number of hydrogen-bond donors (Lipinski definition) is 1. The molecule has 0 aliphatic rings. The molecule has 0 spiro atoms. The van der Waals surface area contributed by atoms with Gasteiger partial charge in [0.15, 0.2) is 0 Å². The second-order valence-electron chi connectivity index (χ2n) is 4.14. The number of pyridine rings is 1. The number of amides is 1. The van der Waals surface area contributed by atoms with Crippen molar-refractivity contribution in [1.29, 1.82) is 0 Å². The van der Waals surface area contributed by atoms with Gasteiger partial charge in [-0.15, -0.1) is 0 Å². The molecule has 1 aromatic heterocycles. The molecular weight excluding hydrogens is 284 g/mol. The van der Waals surface area contributed by atoms with Gasteiger partial charge in [0, 0.05) is 24.5 Å². The molecule has 7 heteroatoms. The number of nitro benzene ring substituents is 1. The molecule has 0 saturated carbocycles. The summed E-state index contributed by atoms with van der Waals surface area (Å²) >= 11 is 0. The Balaban J connectivity index is 1.87. The molecule has 0 aliphatic heterocycles. The molecule has 1 N–H and O–H groups in total. The SMILES string of the molecule is O=C(N/N=C\C=C/c1ccc([N+](=O)[O-])cc1)c1ccccn1. The van der Waals surface area contributed by atoms with Crippen LogP contribution in [0.5, 0.6) is 0 Å². The highest BCUT2D eigenvalue weighted by molar-refractivity contribution is 5.92. The predicted octanol–water partition coefficient (Wildman–Crippen LogP) is 2.42. The van der Waals surface area contributed by atoms with Crippen molar-refractivity contribution in [2.75, 3.05) is 0 Å². The second-order valence-corrected chi connectivity index (χ2v) is 4.14. The van der Waals surface area contributed by atoms with Crippen LogP contribution in [0.2, 0.25) is 0 Å². The van der Waals surface area contributed by atoms with Gasteiger partial charge in [-0.1, -0.05) is 12.1 Å². The van der Waals surface area contributed by atoms with Crippen molar-refractivity contribution in [3.63, 3.8) is 0 Å². The molecule has 0 aliphatic carbocycles. The van der Waals surface area contributed by atoms with Crippen molar-refractivity contribution in [1.82, 2.24) is 10.4 Å². The molecule has 0 fully saturated rings. The maximum absolute atomic E-state index is 11.6. The zero-order valence-electron chi connectivity index (χ0n) is 11.4. The highest BCUT2D eigenvalue weighted by Crippen LogP contribution is 2.12. The van der Waals surface area contributed by atoms with E-state index in [1.54, 1.807) is 42.5 Å². The first-order valence-corrected chi connectivity index (χ1v) is 6.32. The molecule has 0 radical (unpaired) electrons. The molecule has 1 heterocycles. The Kier molecular flexibility index (Phi) is 5.09. The van der Waals surface area contributed by atoms with E-state index in [-0.39, 0.29) is 11.4 Å². The van der Waals surface area contributed by atoms with Gasteiger partial charge in [0.05, 0.1) is 4.92 Å². The van der Waals surface area contributed by atoms with Crippen molar-refractivity contribution in [2.45, 2.75) is 0 Å². The van der Waals surface area contributed by atoms with E-state index in [9.17, 15) is 14.9 Å². The number of hydrogen-bond acceptors (Lipinski definition) is 5. The van der Waals surface area contributed by atoms with E-state index in [0.29, 0.717) is 0 Å². The zero-order valence-corrected chi connectivity index (χ0v) is 11.4. The van der Waals surface area contributed by atoms with Crippen LogP contribution in [-0.4, -0.2) is 22.0 Å². The second kappa shape index (κ2) is 7.44. The van der Waals surface area contributed by atoms with Gasteiger partial charge in [-0.3, -0.25) is 19.9 Å². The average molecular weight is 296 g/mol. The minimum atomic E-state index is -0.456.